The molecular formula is C23H13F5N6O. The molecule has 1 atom stereocenters. The van der Waals surface area contributed by atoms with Gasteiger partial charge in [0.1, 0.15) is 17.3 Å². The summed E-state index contributed by atoms with van der Waals surface area (Å²) in [5, 5.41) is 13.4. The summed E-state index contributed by atoms with van der Waals surface area (Å²) in [5.41, 5.74) is 4.11. The topological polar surface area (TPSA) is 103 Å². The van der Waals surface area contributed by atoms with Gasteiger partial charge in [0.2, 0.25) is 11.8 Å². The zero-order chi connectivity index (χ0) is 25.0. The summed E-state index contributed by atoms with van der Waals surface area (Å²) in [6.45, 7) is 0. The largest absolute Gasteiger partial charge is 0.459 e. The molecule has 0 amide bonds. The Balaban J connectivity index is 1.85. The number of allylic oxidation sites excluding steroid dienone is 1. The number of para-hydroxylation sites is 3. The molecule has 1 aliphatic rings. The van der Waals surface area contributed by atoms with E-state index in [2.05, 4.69) is 15.1 Å². The number of hydrogen-bond donors (Lipinski definition) is 1. The molecule has 35 heavy (non-hydrogen) atoms. The molecule has 2 N–H and O–H groups in total. The van der Waals surface area contributed by atoms with Crippen molar-refractivity contribution < 1.29 is 26.7 Å². The normalized spacial score (nSPS) is 16.1. The molecule has 0 saturated heterocycles. The van der Waals surface area contributed by atoms with Gasteiger partial charge in [0.25, 0.3) is 0 Å². The molecule has 5 rings (SSSR count). The predicted octanol–water partition coefficient (Wildman–Crippen LogP) is 4.69. The number of nitriles is 1. The van der Waals surface area contributed by atoms with Gasteiger partial charge in [0, 0.05) is 0 Å². The summed E-state index contributed by atoms with van der Waals surface area (Å²) in [4.78, 5) is 8.59. The lowest BCUT2D eigenvalue weighted by Crippen LogP contribution is -2.36. The van der Waals surface area contributed by atoms with Crippen molar-refractivity contribution in [3.05, 3.63) is 89.2 Å². The third-order valence-corrected chi connectivity index (χ3v) is 5.46. The third-order valence-electron chi connectivity index (χ3n) is 5.46. The average molecular weight is 484 g/mol. The van der Waals surface area contributed by atoms with E-state index in [0.29, 0.717) is 11.0 Å². The number of aromatic nitrogens is 4. The van der Waals surface area contributed by atoms with E-state index < -0.39 is 46.6 Å². The van der Waals surface area contributed by atoms with E-state index >= 15 is 0 Å². The smallest absolute Gasteiger partial charge is 0.422 e. The number of benzene rings is 2. The number of ether oxygens (including phenoxy) is 1. The Kier molecular flexibility index (Phi) is 4.94. The maximum atomic E-state index is 14.8. The summed E-state index contributed by atoms with van der Waals surface area (Å²) in [7, 11) is 0. The molecule has 176 valence electrons. The van der Waals surface area contributed by atoms with Crippen molar-refractivity contribution in [1.29, 1.82) is 5.26 Å². The summed E-state index contributed by atoms with van der Waals surface area (Å²) in [6.07, 6.45) is -4.78. The standard InChI is InChI=1S/C23H13F5N6O/c24-22(25,23(26,27)28)19-18-17(16-11-31-14-8-4-5-9-15(14)32-16)13(10-29)20(30)35-21(18)34(33-19)12-6-2-1-3-7-12/h1-9,11,17H,30H2/t17-/m0/s1. The Labute approximate surface area is 193 Å². The molecule has 0 radical (unpaired) electrons. The second-order valence-corrected chi connectivity index (χ2v) is 7.60. The minimum atomic E-state index is -5.98. The monoisotopic (exact) mass is 484 g/mol. The second kappa shape index (κ2) is 7.76. The van der Waals surface area contributed by atoms with Crippen molar-refractivity contribution in [2.24, 2.45) is 5.73 Å². The Hall–Kier alpha value is -4.53. The van der Waals surface area contributed by atoms with Gasteiger partial charge in [0.15, 0.2) is 0 Å². The Morgan fingerprint density at radius 2 is 1.63 bits per heavy atom. The maximum Gasteiger partial charge on any atom is 0.459 e. The fraction of sp³-hybridized carbons (Fsp3) is 0.130. The Morgan fingerprint density at radius 3 is 2.29 bits per heavy atom. The van der Waals surface area contributed by atoms with Crippen LogP contribution in [0.4, 0.5) is 22.0 Å². The molecule has 0 bridgehead atoms. The van der Waals surface area contributed by atoms with E-state index in [1.54, 1.807) is 48.5 Å². The second-order valence-electron chi connectivity index (χ2n) is 7.60. The number of nitrogens with two attached hydrogens (primary N) is 1. The molecule has 4 aromatic rings. The van der Waals surface area contributed by atoms with Crippen LogP contribution >= 0.6 is 0 Å². The predicted molar refractivity (Wildman–Crippen MR) is 112 cm³/mol. The first-order chi connectivity index (χ1) is 16.6. The van der Waals surface area contributed by atoms with Crippen LogP contribution in [0.25, 0.3) is 16.7 Å². The highest BCUT2D eigenvalue weighted by atomic mass is 19.4. The van der Waals surface area contributed by atoms with Crippen LogP contribution in [0.15, 0.2) is 72.3 Å². The van der Waals surface area contributed by atoms with Crippen LogP contribution in [0.1, 0.15) is 22.9 Å². The van der Waals surface area contributed by atoms with E-state index in [1.807, 2.05) is 0 Å². The maximum absolute atomic E-state index is 14.8. The molecule has 2 aromatic heterocycles. The number of rotatable bonds is 3. The minimum Gasteiger partial charge on any atom is -0.422 e. The fourth-order valence-corrected chi connectivity index (χ4v) is 3.86. The highest BCUT2D eigenvalue weighted by Crippen LogP contribution is 2.52. The van der Waals surface area contributed by atoms with E-state index in [9.17, 15) is 27.2 Å². The molecule has 0 unspecified atom stereocenters. The lowest BCUT2D eigenvalue weighted by Gasteiger charge is -2.26. The Morgan fingerprint density at radius 1 is 0.971 bits per heavy atom. The summed E-state index contributed by atoms with van der Waals surface area (Å²) >= 11 is 0. The molecule has 2 aromatic carbocycles. The van der Waals surface area contributed by atoms with Crippen LogP contribution in [-0.2, 0) is 5.92 Å². The van der Waals surface area contributed by atoms with Crippen molar-refractivity contribution in [3.63, 3.8) is 0 Å². The molecular weight excluding hydrogens is 471 g/mol. The van der Waals surface area contributed by atoms with Gasteiger partial charge in [-0.2, -0.15) is 37.0 Å². The van der Waals surface area contributed by atoms with Crippen LogP contribution in [0, 0.1) is 11.3 Å². The first-order valence-corrected chi connectivity index (χ1v) is 10.1. The van der Waals surface area contributed by atoms with Gasteiger partial charge in [-0.25, -0.2) is 4.98 Å². The lowest BCUT2D eigenvalue weighted by atomic mass is 9.86. The summed E-state index contributed by atoms with van der Waals surface area (Å²) in [6, 6.07) is 15.9. The zero-order valence-electron chi connectivity index (χ0n) is 17.5. The SMILES string of the molecule is N#CC1=C(N)Oc2c(c(C(F)(F)C(F)(F)F)nn2-c2ccccc2)[C@@H]1c1cnc2ccccc2n1. The molecule has 0 spiro atoms. The molecule has 0 aliphatic carbocycles. The summed E-state index contributed by atoms with van der Waals surface area (Å²) in [5.74, 6) is -7.87. The fourth-order valence-electron chi connectivity index (χ4n) is 3.86. The number of halogens is 5. The molecule has 3 heterocycles. The number of hydrogen-bond acceptors (Lipinski definition) is 6. The number of fused-ring (bicyclic) bond motifs is 2. The van der Waals surface area contributed by atoms with Crippen molar-refractivity contribution in [1.82, 2.24) is 19.7 Å². The highest BCUT2D eigenvalue weighted by Gasteiger charge is 2.63. The minimum absolute atomic E-state index is 0.0698. The zero-order valence-corrected chi connectivity index (χ0v) is 17.5. The summed E-state index contributed by atoms with van der Waals surface area (Å²) < 4.78 is 76.5. The highest BCUT2D eigenvalue weighted by molar-refractivity contribution is 5.74. The third kappa shape index (κ3) is 3.43. The van der Waals surface area contributed by atoms with Crippen LogP contribution in [-0.4, -0.2) is 25.9 Å². The average Bonchev–Trinajstić information content (AvgIpc) is 3.22. The van der Waals surface area contributed by atoms with Gasteiger partial charge in [-0.1, -0.05) is 30.3 Å². The van der Waals surface area contributed by atoms with Crippen LogP contribution in [0.3, 0.4) is 0 Å². The van der Waals surface area contributed by atoms with E-state index in [4.69, 9.17) is 10.5 Å². The van der Waals surface area contributed by atoms with Gasteiger partial charge >= 0.3 is 12.1 Å². The quantitative estimate of drug-likeness (QED) is 0.424. The van der Waals surface area contributed by atoms with Crippen LogP contribution in [0.5, 0.6) is 5.88 Å². The van der Waals surface area contributed by atoms with Gasteiger partial charge < -0.3 is 10.5 Å². The molecule has 0 fully saturated rings. The van der Waals surface area contributed by atoms with Crippen molar-refractivity contribution >= 4 is 11.0 Å². The molecule has 12 heteroatoms. The first-order valence-electron chi connectivity index (χ1n) is 10.1. The first kappa shape index (κ1) is 22.3. The van der Waals surface area contributed by atoms with Crippen molar-refractivity contribution in [2.45, 2.75) is 18.0 Å². The number of alkyl halides is 5. The molecule has 0 saturated carbocycles. The van der Waals surface area contributed by atoms with E-state index in [1.165, 1.54) is 18.3 Å². The van der Waals surface area contributed by atoms with E-state index in [0.717, 1.165) is 4.68 Å². The number of nitrogens with zero attached hydrogens (tertiary/aromatic N) is 5. The van der Waals surface area contributed by atoms with Gasteiger partial charge in [-0.15, -0.1) is 0 Å². The van der Waals surface area contributed by atoms with Crippen molar-refractivity contribution in [2.75, 3.05) is 0 Å². The lowest BCUT2D eigenvalue weighted by molar-refractivity contribution is -0.291. The van der Waals surface area contributed by atoms with Gasteiger partial charge in [-0.05, 0) is 24.3 Å². The molecule has 7 nitrogen and oxygen atoms in total. The van der Waals surface area contributed by atoms with Gasteiger partial charge in [-0.3, -0.25) is 4.98 Å². The van der Waals surface area contributed by atoms with Gasteiger partial charge in [0.05, 0.1) is 40.1 Å². The Bertz CT molecular complexity index is 1520. The van der Waals surface area contributed by atoms with Crippen LogP contribution in [0.2, 0.25) is 0 Å². The van der Waals surface area contributed by atoms with Crippen LogP contribution < -0.4 is 10.5 Å². The molecule has 1 aliphatic heterocycles. The van der Waals surface area contributed by atoms with E-state index in [-0.39, 0.29) is 11.4 Å². The van der Waals surface area contributed by atoms with Crippen molar-refractivity contribution in [3.8, 4) is 17.6 Å².